The second-order valence-electron chi connectivity index (χ2n) is 4.75. The SMILES string of the molecule is CCCCCCCCOc1ccc(S(N)(=O)=O)cc1F. The van der Waals surface area contributed by atoms with Gasteiger partial charge in [-0.25, -0.2) is 17.9 Å². The molecule has 0 fully saturated rings. The van der Waals surface area contributed by atoms with Crippen molar-refractivity contribution in [3.63, 3.8) is 0 Å². The molecule has 1 rings (SSSR count). The fourth-order valence-electron chi connectivity index (χ4n) is 1.84. The molecule has 2 N–H and O–H groups in total. The molecular weight excluding hydrogens is 281 g/mol. The highest BCUT2D eigenvalue weighted by Gasteiger charge is 2.12. The van der Waals surface area contributed by atoms with Crippen molar-refractivity contribution >= 4 is 10.0 Å². The largest absolute Gasteiger partial charge is 0.491 e. The summed E-state index contributed by atoms with van der Waals surface area (Å²) in [5.74, 6) is -0.645. The molecule has 4 nitrogen and oxygen atoms in total. The number of rotatable bonds is 9. The molecule has 0 aliphatic carbocycles. The van der Waals surface area contributed by atoms with Gasteiger partial charge in [-0.2, -0.15) is 0 Å². The Morgan fingerprint density at radius 2 is 1.80 bits per heavy atom. The Morgan fingerprint density at radius 3 is 2.40 bits per heavy atom. The number of unbranched alkanes of at least 4 members (excludes halogenated alkanes) is 5. The van der Waals surface area contributed by atoms with Crippen LogP contribution in [-0.2, 0) is 10.0 Å². The maximum atomic E-state index is 13.6. The molecule has 0 bridgehead atoms. The number of hydrogen-bond acceptors (Lipinski definition) is 3. The molecule has 0 atom stereocenters. The first-order valence-electron chi connectivity index (χ1n) is 6.90. The van der Waals surface area contributed by atoms with Crippen LogP contribution in [0, 0.1) is 5.82 Å². The van der Waals surface area contributed by atoms with Crippen LogP contribution < -0.4 is 9.88 Å². The first kappa shape index (κ1) is 16.9. The van der Waals surface area contributed by atoms with Crippen LogP contribution in [0.15, 0.2) is 23.1 Å². The van der Waals surface area contributed by atoms with E-state index in [4.69, 9.17) is 9.88 Å². The smallest absolute Gasteiger partial charge is 0.238 e. The minimum Gasteiger partial charge on any atom is -0.491 e. The van der Waals surface area contributed by atoms with Crippen molar-refractivity contribution in [1.82, 2.24) is 0 Å². The topological polar surface area (TPSA) is 69.4 Å². The first-order chi connectivity index (χ1) is 9.45. The van der Waals surface area contributed by atoms with E-state index in [1.165, 1.54) is 31.4 Å². The van der Waals surface area contributed by atoms with E-state index in [9.17, 15) is 12.8 Å². The van der Waals surface area contributed by atoms with Crippen LogP contribution in [0.2, 0.25) is 0 Å². The number of ether oxygens (including phenoxy) is 1. The molecule has 0 spiro atoms. The zero-order chi connectivity index (χ0) is 15.0. The molecule has 0 aromatic heterocycles. The van der Waals surface area contributed by atoms with Crippen molar-refractivity contribution in [2.75, 3.05) is 6.61 Å². The molecule has 0 saturated carbocycles. The number of primary sulfonamides is 1. The van der Waals surface area contributed by atoms with Gasteiger partial charge < -0.3 is 4.74 Å². The van der Waals surface area contributed by atoms with E-state index in [-0.39, 0.29) is 10.6 Å². The molecule has 0 saturated heterocycles. The molecule has 114 valence electrons. The van der Waals surface area contributed by atoms with Crippen molar-refractivity contribution in [3.8, 4) is 5.75 Å². The Morgan fingerprint density at radius 1 is 1.15 bits per heavy atom. The lowest BCUT2D eigenvalue weighted by Gasteiger charge is -2.08. The second kappa shape index (κ2) is 8.21. The van der Waals surface area contributed by atoms with Crippen molar-refractivity contribution in [1.29, 1.82) is 0 Å². The van der Waals surface area contributed by atoms with Crippen molar-refractivity contribution in [2.45, 2.75) is 50.3 Å². The fourth-order valence-corrected chi connectivity index (χ4v) is 2.37. The van der Waals surface area contributed by atoms with Crippen molar-refractivity contribution in [3.05, 3.63) is 24.0 Å². The lowest BCUT2D eigenvalue weighted by molar-refractivity contribution is 0.289. The summed E-state index contributed by atoms with van der Waals surface area (Å²) in [7, 11) is -3.88. The molecule has 0 heterocycles. The lowest BCUT2D eigenvalue weighted by Crippen LogP contribution is -2.12. The number of halogens is 1. The van der Waals surface area contributed by atoms with Crippen LogP contribution in [0.1, 0.15) is 45.4 Å². The van der Waals surface area contributed by atoms with E-state index in [1.807, 2.05) is 0 Å². The standard InChI is InChI=1S/C14H22FNO3S/c1-2-3-4-5-6-7-10-19-14-9-8-12(11-13(14)15)20(16,17)18/h8-9,11H,2-7,10H2,1H3,(H2,16,17,18). The normalized spacial score (nSPS) is 11.6. The molecule has 0 amide bonds. The minimum atomic E-state index is -3.88. The summed E-state index contributed by atoms with van der Waals surface area (Å²) in [6, 6.07) is 3.42. The Labute approximate surface area is 120 Å². The number of hydrogen-bond donors (Lipinski definition) is 1. The van der Waals surface area contributed by atoms with Crippen LogP contribution in [0.25, 0.3) is 0 Å². The Hall–Kier alpha value is -1.14. The predicted molar refractivity (Wildman–Crippen MR) is 76.6 cm³/mol. The quantitative estimate of drug-likeness (QED) is 0.712. The third-order valence-corrected chi connectivity index (χ3v) is 3.90. The molecular formula is C14H22FNO3S. The zero-order valence-corrected chi connectivity index (χ0v) is 12.6. The van der Waals surface area contributed by atoms with Crippen LogP contribution >= 0.6 is 0 Å². The van der Waals surface area contributed by atoms with E-state index in [2.05, 4.69) is 6.92 Å². The molecule has 1 aromatic carbocycles. The summed E-state index contributed by atoms with van der Waals surface area (Å²) in [5, 5.41) is 4.92. The molecule has 0 aliphatic rings. The van der Waals surface area contributed by atoms with Crippen LogP contribution in [0.4, 0.5) is 4.39 Å². The maximum absolute atomic E-state index is 13.6. The summed E-state index contributed by atoms with van der Waals surface area (Å²) >= 11 is 0. The van der Waals surface area contributed by atoms with Gasteiger partial charge in [0.2, 0.25) is 10.0 Å². The highest BCUT2D eigenvalue weighted by Crippen LogP contribution is 2.20. The predicted octanol–water partition coefficient (Wildman–Crippen LogP) is 3.21. The van der Waals surface area contributed by atoms with E-state index in [1.54, 1.807) is 0 Å². The lowest BCUT2D eigenvalue weighted by atomic mass is 10.1. The number of sulfonamides is 1. The summed E-state index contributed by atoms with van der Waals surface area (Å²) in [4.78, 5) is -0.248. The third kappa shape index (κ3) is 5.88. The van der Waals surface area contributed by atoms with Gasteiger partial charge in [0, 0.05) is 0 Å². The van der Waals surface area contributed by atoms with Gasteiger partial charge in [0.1, 0.15) is 0 Å². The van der Waals surface area contributed by atoms with Crippen LogP contribution in [-0.4, -0.2) is 15.0 Å². The molecule has 0 aliphatic heterocycles. The number of benzene rings is 1. The van der Waals surface area contributed by atoms with Gasteiger partial charge in [-0.1, -0.05) is 39.0 Å². The van der Waals surface area contributed by atoms with E-state index >= 15 is 0 Å². The number of nitrogens with two attached hydrogens (primary N) is 1. The summed E-state index contributed by atoms with van der Waals surface area (Å²) in [6.07, 6.45) is 6.73. The summed E-state index contributed by atoms with van der Waals surface area (Å²) in [6.45, 7) is 2.59. The average molecular weight is 303 g/mol. The Bertz CT molecular complexity index is 517. The van der Waals surface area contributed by atoms with Gasteiger partial charge in [0.15, 0.2) is 11.6 Å². The zero-order valence-electron chi connectivity index (χ0n) is 11.8. The van der Waals surface area contributed by atoms with Crippen LogP contribution in [0.3, 0.4) is 0 Å². The van der Waals surface area contributed by atoms with E-state index in [0.717, 1.165) is 25.3 Å². The van der Waals surface area contributed by atoms with E-state index in [0.29, 0.717) is 6.61 Å². The first-order valence-corrected chi connectivity index (χ1v) is 8.45. The third-order valence-electron chi connectivity index (χ3n) is 2.99. The van der Waals surface area contributed by atoms with E-state index < -0.39 is 15.8 Å². The van der Waals surface area contributed by atoms with Gasteiger partial charge >= 0.3 is 0 Å². The highest BCUT2D eigenvalue weighted by molar-refractivity contribution is 7.89. The molecule has 1 aromatic rings. The van der Waals surface area contributed by atoms with Gasteiger partial charge in [-0.15, -0.1) is 0 Å². The Kier molecular flexibility index (Phi) is 6.95. The van der Waals surface area contributed by atoms with Gasteiger partial charge in [-0.3, -0.25) is 0 Å². The highest BCUT2D eigenvalue weighted by atomic mass is 32.2. The van der Waals surface area contributed by atoms with Crippen molar-refractivity contribution < 1.29 is 17.5 Å². The van der Waals surface area contributed by atoms with Crippen LogP contribution in [0.5, 0.6) is 5.75 Å². The Balaban J connectivity index is 2.38. The monoisotopic (exact) mass is 303 g/mol. The molecule has 20 heavy (non-hydrogen) atoms. The van der Waals surface area contributed by atoms with Gasteiger partial charge in [-0.05, 0) is 24.6 Å². The second-order valence-corrected chi connectivity index (χ2v) is 6.31. The summed E-state index contributed by atoms with van der Waals surface area (Å²) < 4.78 is 41.0. The molecule has 6 heteroatoms. The maximum Gasteiger partial charge on any atom is 0.238 e. The molecule has 0 radical (unpaired) electrons. The van der Waals surface area contributed by atoms with Gasteiger partial charge in [0.05, 0.1) is 11.5 Å². The average Bonchev–Trinajstić information content (AvgIpc) is 2.38. The fraction of sp³-hybridized carbons (Fsp3) is 0.571. The van der Waals surface area contributed by atoms with Gasteiger partial charge in [0.25, 0.3) is 0 Å². The minimum absolute atomic E-state index is 0.0611. The summed E-state index contributed by atoms with van der Waals surface area (Å²) in [5.41, 5.74) is 0. The molecule has 0 unspecified atom stereocenters. The van der Waals surface area contributed by atoms with Crippen molar-refractivity contribution in [2.24, 2.45) is 5.14 Å².